The number of nitrogens with zero attached hydrogens (tertiary/aromatic N) is 1. The fraction of sp³-hybridized carbons (Fsp3) is 0.125. The van der Waals surface area contributed by atoms with E-state index in [0.717, 1.165) is 0 Å². The van der Waals surface area contributed by atoms with E-state index in [4.69, 9.17) is 5.41 Å². The van der Waals surface area contributed by atoms with Crippen LogP contribution in [0.25, 0.3) is 0 Å². The zero-order chi connectivity index (χ0) is 9.84. The van der Waals surface area contributed by atoms with Crippen molar-refractivity contribution in [3.63, 3.8) is 0 Å². The number of benzene rings is 1. The quantitative estimate of drug-likeness (QED) is 0.325. The number of methoxy groups -OCH3 is 1. The van der Waals surface area contributed by atoms with Gasteiger partial charge in [-0.25, -0.2) is 0 Å². The molecule has 0 bridgehead atoms. The maximum atomic E-state index is 10.4. The number of hydrogen-bond acceptors (Lipinski definition) is 4. The molecule has 0 aromatic heterocycles. The molecule has 0 saturated carbocycles. The number of nitro groups is 1. The van der Waals surface area contributed by atoms with E-state index in [9.17, 15) is 10.1 Å². The Balaban J connectivity index is 3.05. The number of rotatable bonds is 2. The molecule has 1 aromatic carbocycles. The summed E-state index contributed by atoms with van der Waals surface area (Å²) >= 11 is 0. The first-order valence-corrected chi connectivity index (χ1v) is 3.52. The lowest BCUT2D eigenvalue weighted by Crippen LogP contribution is -2.01. The molecule has 5 nitrogen and oxygen atoms in total. The van der Waals surface area contributed by atoms with E-state index >= 15 is 0 Å². The van der Waals surface area contributed by atoms with E-state index < -0.39 is 4.92 Å². The van der Waals surface area contributed by atoms with Gasteiger partial charge < -0.3 is 4.74 Å². The lowest BCUT2D eigenvalue weighted by Gasteiger charge is -2.00. The van der Waals surface area contributed by atoms with Crippen LogP contribution in [-0.2, 0) is 4.74 Å². The highest BCUT2D eigenvalue weighted by atomic mass is 16.6. The molecule has 5 heteroatoms. The summed E-state index contributed by atoms with van der Waals surface area (Å²) in [5.41, 5.74) is 0.357. The van der Waals surface area contributed by atoms with Gasteiger partial charge in [0, 0.05) is 17.7 Å². The predicted octanol–water partition coefficient (Wildman–Crippen LogP) is 1.57. The van der Waals surface area contributed by atoms with Crippen molar-refractivity contribution in [2.45, 2.75) is 0 Å². The van der Waals surface area contributed by atoms with Crippen LogP contribution in [0.3, 0.4) is 0 Å². The van der Waals surface area contributed by atoms with Crippen molar-refractivity contribution in [3.05, 3.63) is 39.9 Å². The summed E-state index contributed by atoms with van der Waals surface area (Å²) in [4.78, 5) is 9.85. The highest BCUT2D eigenvalue weighted by Gasteiger charge is 2.08. The lowest BCUT2D eigenvalue weighted by atomic mass is 10.2. The molecule has 0 aliphatic rings. The first kappa shape index (κ1) is 9.18. The van der Waals surface area contributed by atoms with E-state index in [1.807, 2.05) is 0 Å². The number of ether oxygens (including phenoxy) is 1. The normalized spacial score (nSPS) is 9.31. The summed E-state index contributed by atoms with van der Waals surface area (Å²) in [6, 6.07) is 5.76. The third-order valence-corrected chi connectivity index (χ3v) is 1.52. The number of non-ortho nitro benzene ring substituents is 1. The summed E-state index contributed by atoms with van der Waals surface area (Å²) in [6.07, 6.45) is 0. The van der Waals surface area contributed by atoms with Crippen molar-refractivity contribution in [1.29, 1.82) is 5.41 Å². The Morgan fingerprint density at radius 3 is 2.85 bits per heavy atom. The zero-order valence-corrected chi connectivity index (χ0v) is 6.98. The summed E-state index contributed by atoms with van der Waals surface area (Å²) in [6.45, 7) is 0. The molecule has 0 radical (unpaired) electrons. The number of nitrogens with one attached hydrogen (secondary N) is 1. The molecular formula is C8H8N2O3. The van der Waals surface area contributed by atoms with Gasteiger partial charge in [-0.3, -0.25) is 15.5 Å². The Morgan fingerprint density at radius 2 is 2.31 bits per heavy atom. The fourth-order valence-corrected chi connectivity index (χ4v) is 0.879. The van der Waals surface area contributed by atoms with E-state index in [1.54, 1.807) is 6.07 Å². The van der Waals surface area contributed by atoms with Crippen LogP contribution in [0.5, 0.6) is 0 Å². The van der Waals surface area contributed by atoms with E-state index in [1.165, 1.54) is 25.3 Å². The average Bonchev–Trinajstić information content (AvgIpc) is 2.17. The molecule has 1 N–H and O–H groups in total. The Morgan fingerprint density at radius 1 is 1.62 bits per heavy atom. The van der Waals surface area contributed by atoms with Crippen LogP contribution in [0.2, 0.25) is 0 Å². The van der Waals surface area contributed by atoms with Gasteiger partial charge in [0.25, 0.3) is 5.69 Å². The summed E-state index contributed by atoms with van der Waals surface area (Å²) in [5, 5.41) is 17.6. The first-order chi connectivity index (χ1) is 6.15. The first-order valence-electron chi connectivity index (χ1n) is 3.52. The minimum absolute atomic E-state index is 0.0423. The van der Waals surface area contributed by atoms with Crippen LogP contribution in [0.1, 0.15) is 5.56 Å². The van der Waals surface area contributed by atoms with Crippen LogP contribution >= 0.6 is 0 Å². The highest BCUT2D eigenvalue weighted by molar-refractivity contribution is 5.92. The maximum absolute atomic E-state index is 10.4. The van der Waals surface area contributed by atoms with Crippen molar-refractivity contribution >= 4 is 11.6 Å². The average molecular weight is 180 g/mol. The summed E-state index contributed by atoms with van der Waals surface area (Å²) in [5.74, 6) is -0.0799. The summed E-state index contributed by atoms with van der Waals surface area (Å²) in [7, 11) is 1.35. The van der Waals surface area contributed by atoms with Gasteiger partial charge in [-0.2, -0.15) is 0 Å². The molecule has 0 saturated heterocycles. The topological polar surface area (TPSA) is 76.2 Å². The minimum atomic E-state index is -0.508. The SMILES string of the molecule is COC(=N)c1cccc([N+](=O)[O-])c1. The molecule has 0 amide bonds. The van der Waals surface area contributed by atoms with Crippen molar-refractivity contribution in [2.24, 2.45) is 0 Å². The fourth-order valence-electron chi connectivity index (χ4n) is 0.879. The second-order valence-corrected chi connectivity index (χ2v) is 2.34. The molecule has 0 atom stereocenters. The van der Waals surface area contributed by atoms with E-state index in [-0.39, 0.29) is 11.6 Å². The van der Waals surface area contributed by atoms with Crippen LogP contribution in [-0.4, -0.2) is 17.9 Å². The van der Waals surface area contributed by atoms with Crippen LogP contribution < -0.4 is 0 Å². The van der Waals surface area contributed by atoms with Crippen molar-refractivity contribution in [3.8, 4) is 0 Å². The molecule has 1 rings (SSSR count). The van der Waals surface area contributed by atoms with Crippen LogP contribution in [0.15, 0.2) is 24.3 Å². The van der Waals surface area contributed by atoms with Gasteiger partial charge >= 0.3 is 0 Å². The van der Waals surface area contributed by atoms with E-state index in [2.05, 4.69) is 4.74 Å². The molecule has 68 valence electrons. The van der Waals surface area contributed by atoms with Gasteiger partial charge in [0.15, 0.2) is 0 Å². The standard InChI is InChI=1S/C8H8N2O3/c1-13-8(9)6-3-2-4-7(5-6)10(11)12/h2-5,9H,1H3. The van der Waals surface area contributed by atoms with Gasteiger partial charge in [-0.1, -0.05) is 6.07 Å². The molecule has 0 aliphatic carbocycles. The van der Waals surface area contributed by atoms with Crippen LogP contribution in [0.4, 0.5) is 5.69 Å². The Bertz CT molecular complexity index is 349. The molecule has 0 spiro atoms. The van der Waals surface area contributed by atoms with Crippen molar-refractivity contribution in [1.82, 2.24) is 0 Å². The molecular weight excluding hydrogens is 172 g/mol. The monoisotopic (exact) mass is 180 g/mol. The van der Waals surface area contributed by atoms with Crippen LogP contribution in [0, 0.1) is 15.5 Å². The highest BCUT2D eigenvalue weighted by Crippen LogP contribution is 2.13. The Kier molecular flexibility index (Phi) is 2.59. The molecule has 0 fully saturated rings. The van der Waals surface area contributed by atoms with Gasteiger partial charge in [0.2, 0.25) is 5.90 Å². The zero-order valence-electron chi connectivity index (χ0n) is 6.98. The van der Waals surface area contributed by atoms with Gasteiger partial charge in [-0.05, 0) is 6.07 Å². The molecule has 1 aromatic rings. The second kappa shape index (κ2) is 3.66. The molecule has 13 heavy (non-hydrogen) atoms. The smallest absolute Gasteiger partial charge is 0.270 e. The molecule has 0 aliphatic heterocycles. The second-order valence-electron chi connectivity index (χ2n) is 2.34. The largest absolute Gasteiger partial charge is 0.481 e. The molecule has 0 unspecified atom stereocenters. The predicted molar refractivity (Wildman–Crippen MR) is 46.9 cm³/mol. The van der Waals surface area contributed by atoms with Gasteiger partial charge in [0.05, 0.1) is 12.0 Å². The third kappa shape index (κ3) is 2.02. The van der Waals surface area contributed by atoms with Crippen molar-refractivity contribution < 1.29 is 9.66 Å². The van der Waals surface area contributed by atoms with Gasteiger partial charge in [-0.15, -0.1) is 0 Å². The third-order valence-electron chi connectivity index (χ3n) is 1.52. The lowest BCUT2D eigenvalue weighted by molar-refractivity contribution is -0.384. The minimum Gasteiger partial charge on any atom is -0.481 e. The van der Waals surface area contributed by atoms with Gasteiger partial charge in [0.1, 0.15) is 0 Å². The maximum Gasteiger partial charge on any atom is 0.270 e. The Hall–Kier alpha value is -1.91. The number of hydrogen-bond donors (Lipinski definition) is 1. The number of nitro benzene ring substituents is 1. The van der Waals surface area contributed by atoms with E-state index in [0.29, 0.717) is 5.56 Å². The van der Waals surface area contributed by atoms with Crippen molar-refractivity contribution in [2.75, 3.05) is 7.11 Å². The Labute approximate surface area is 74.6 Å². The summed E-state index contributed by atoms with van der Waals surface area (Å²) < 4.78 is 4.63. The molecule has 0 heterocycles.